The molecule has 0 amide bonds. The number of hydrogen-bond acceptors (Lipinski definition) is 3. The summed E-state index contributed by atoms with van der Waals surface area (Å²) >= 11 is 0. The van der Waals surface area contributed by atoms with Crippen LogP contribution in [0.1, 0.15) is 18.4 Å². The Labute approximate surface area is 96.4 Å². The van der Waals surface area contributed by atoms with Gasteiger partial charge in [-0.05, 0) is 24.8 Å². The smallest absolute Gasteiger partial charge is 0.151 e. The largest absolute Gasteiger partial charge is 0.493 e. The molecule has 0 bridgehead atoms. The zero-order chi connectivity index (χ0) is 11.6. The molecule has 2 rings (SSSR count). The summed E-state index contributed by atoms with van der Waals surface area (Å²) in [6.07, 6.45) is 3.70. The molecule has 0 N–H and O–H groups in total. The maximum Gasteiger partial charge on any atom is 0.151 e. The second-order valence-electron chi connectivity index (χ2n) is 4.43. The Hall–Kier alpha value is -1.03. The van der Waals surface area contributed by atoms with Crippen molar-refractivity contribution in [2.75, 3.05) is 12.9 Å². The van der Waals surface area contributed by atoms with Crippen LogP contribution >= 0.6 is 0 Å². The summed E-state index contributed by atoms with van der Waals surface area (Å²) in [5.74, 6) is 1.43. The van der Waals surface area contributed by atoms with Gasteiger partial charge in [0.15, 0.2) is 9.84 Å². The van der Waals surface area contributed by atoms with Gasteiger partial charge in [-0.25, -0.2) is 8.42 Å². The summed E-state index contributed by atoms with van der Waals surface area (Å²) in [7, 11) is -3.00. The topological polar surface area (TPSA) is 43.4 Å². The van der Waals surface area contributed by atoms with Crippen LogP contribution < -0.4 is 4.74 Å². The number of ether oxygens (including phenoxy) is 1. The van der Waals surface area contributed by atoms with Gasteiger partial charge in [-0.2, -0.15) is 0 Å². The zero-order valence-electron chi connectivity index (χ0n) is 9.35. The first kappa shape index (κ1) is 11.5. The molecule has 88 valence electrons. The van der Waals surface area contributed by atoms with E-state index in [0.29, 0.717) is 18.3 Å². The van der Waals surface area contributed by atoms with Crippen LogP contribution in [-0.2, 0) is 15.6 Å². The number of para-hydroxylation sites is 1. The predicted octanol–water partition coefficient (Wildman–Crippen LogP) is 2.02. The molecule has 0 unspecified atom stereocenters. The van der Waals surface area contributed by atoms with E-state index in [1.807, 2.05) is 24.3 Å². The average molecular weight is 240 g/mol. The van der Waals surface area contributed by atoms with Gasteiger partial charge < -0.3 is 4.74 Å². The van der Waals surface area contributed by atoms with E-state index in [1.54, 1.807) is 0 Å². The third kappa shape index (κ3) is 3.52. The molecule has 1 fully saturated rings. The van der Waals surface area contributed by atoms with Gasteiger partial charge in [0.1, 0.15) is 5.75 Å². The standard InChI is InChI=1S/C12H16O3S/c1-16(13,14)9-11-4-2-3-5-12(11)15-8-10-6-7-10/h2-5,10H,6-9H2,1H3. The van der Waals surface area contributed by atoms with Crippen LogP contribution in [0.15, 0.2) is 24.3 Å². The van der Waals surface area contributed by atoms with Crippen LogP contribution in [0.4, 0.5) is 0 Å². The molecule has 0 spiro atoms. The second kappa shape index (κ2) is 4.45. The minimum absolute atomic E-state index is 0.0494. The van der Waals surface area contributed by atoms with Crippen LogP contribution in [0.3, 0.4) is 0 Å². The maximum absolute atomic E-state index is 11.2. The van der Waals surface area contributed by atoms with Crippen LogP contribution in [0, 0.1) is 5.92 Å². The molecule has 0 aromatic heterocycles. The van der Waals surface area contributed by atoms with E-state index in [9.17, 15) is 8.42 Å². The first-order chi connectivity index (χ1) is 7.54. The Morgan fingerprint density at radius 2 is 2.00 bits per heavy atom. The molecule has 0 heterocycles. The molecule has 1 aromatic rings. The third-order valence-electron chi connectivity index (χ3n) is 2.56. The van der Waals surface area contributed by atoms with Crippen LogP contribution in [0.2, 0.25) is 0 Å². The molecule has 16 heavy (non-hydrogen) atoms. The fourth-order valence-electron chi connectivity index (χ4n) is 1.54. The van der Waals surface area contributed by atoms with Gasteiger partial charge in [0.05, 0.1) is 12.4 Å². The van der Waals surface area contributed by atoms with Crippen molar-refractivity contribution in [2.24, 2.45) is 5.92 Å². The van der Waals surface area contributed by atoms with Crippen molar-refractivity contribution in [3.63, 3.8) is 0 Å². The molecule has 1 aliphatic rings. The minimum atomic E-state index is -3.00. The van der Waals surface area contributed by atoms with Crippen molar-refractivity contribution in [2.45, 2.75) is 18.6 Å². The Bertz CT molecular complexity index is 461. The molecule has 0 aliphatic heterocycles. The zero-order valence-corrected chi connectivity index (χ0v) is 10.2. The molecule has 1 aromatic carbocycles. The lowest BCUT2D eigenvalue weighted by molar-refractivity contribution is 0.297. The molecular formula is C12H16O3S. The highest BCUT2D eigenvalue weighted by atomic mass is 32.2. The molecule has 3 nitrogen and oxygen atoms in total. The summed E-state index contributed by atoms with van der Waals surface area (Å²) < 4.78 is 28.1. The van der Waals surface area contributed by atoms with Crippen molar-refractivity contribution < 1.29 is 13.2 Å². The van der Waals surface area contributed by atoms with Gasteiger partial charge in [0, 0.05) is 11.8 Å². The SMILES string of the molecule is CS(=O)(=O)Cc1ccccc1OCC1CC1. The first-order valence-electron chi connectivity index (χ1n) is 5.43. The van der Waals surface area contributed by atoms with Crippen molar-refractivity contribution in [1.29, 1.82) is 0 Å². The lowest BCUT2D eigenvalue weighted by Crippen LogP contribution is -2.05. The van der Waals surface area contributed by atoms with Gasteiger partial charge in [-0.15, -0.1) is 0 Å². The van der Waals surface area contributed by atoms with Crippen molar-refractivity contribution in [3.8, 4) is 5.75 Å². The lowest BCUT2D eigenvalue weighted by atomic mass is 10.2. The summed E-state index contributed by atoms with van der Waals surface area (Å²) in [6, 6.07) is 7.35. The molecular weight excluding hydrogens is 224 g/mol. The van der Waals surface area contributed by atoms with Crippen LogP contribution in [-0.4, -0.2) is 21.3 Å². The summed E-state index contributed by atoms with van der Waals surface area (Å²) in [6.45, 7) is 0.709. The Balaban J connectivity index is 2.09. The van der Waals surface area contributed by atoms with Crippen molar-refractivity contribution in [1.82, 2.24) is 0 Å². The van der Waals surface area contributed by atoms with Gasteiger partial charge >= 0.3 is 0 Å². The predicted molar refractivity (Wildman–Crippen MR) is 63.2 cm³/mol. The van der Waals surface area contributed by atoms with E-state index in [-0.39, 0.29) is 5.75 Å². The Kier molecular flexibility index (Phi) is 3.19. The minimum Gasteiger partial charge on any atom is -0.493 e. The van der Waals surface area contributed by atoms with E-state index in [2.05, 4.69) is 0 Å². The van der Waals surface area contributed by atoms with Crippen molar-refractivity contribution >= 4 is 9.84 Å². The van der Waals surface area contributed by atoms with Gasteiger partial charge in [0.25, 0.3) is 0 Å². The highest BCUT2D eigenvalue weighted by molar-refractivity contribution is 7.89. The van der Waals surface area contributed by atoms with Gasteiger partial charge in [-0.3, -0.25) is 0 Å². The fourth-order valence-corrected chi connectivity index (χ4v) is 2.34. The van der Waals surface area contributed by atoms with E-state index in [0.717, 1.165) is 5.56 Å². The Morgan fingerprint density at radius 3 is 2.62 bits per heavy atom. The molecule has 1 aliphatic carbocycles. The van der Waals surface area contributed by atoms with E-state index >= 15 is 0 Å². The summed E-state index contributed by atoms with van der Waals surface area (Å²) in [5.41, 5.74) is 0.755. The average Bonchev–Trinajstić information content (AvgIpc) is 2.98. The fraction of sp³-hybridized carbons (Fsp3) is 0.500. The van der Waals surface area contributed by atoms with E-state index in [1.165, 1.54) is 19.1 Å². The lowest BCUT2D eigenvalue weighted by Gasteiger charge is -2.10. The van der Waals surface area contributed by atoms with Gasteiger partial charge in [0.2, 0.25) is 0 Å². The maximum atomic E-state index is 11.2. The number of sulfone groups is 1. The first-order valence-corrected chi connectivity index (χ1v) is 7.49. The highest BCUT2D eigenvalue weighted by Gasteiger charge is 2.22. The van der Waals surface area contributed by atoms with Gasteiger partial charge in [-0.1, -0.05) is 18.2 Å². The molecule has 0 atom stereocenters. The van der Waals surface area contributed by atoms with Crippen molar-refractivity contribution in [3.05, 3.63) is 29.8 Å². The molecule has 1 saturated carbocycles. The Morgan fingerprint density at radius 1 is 1.31 bits per heavy atom. The number of rotatable bonds is 5. The van der Waals surface area contributed by atoms with E-state index < -0.39 is 9.84 Å². The molecule has 4 heteroatoms. The summed E-state index contributed by atoms with van der Waals surface area (Å²) in [4.78, 5) is 0. The number of hydrogen-bond donors (Lipinski definition) is 0. The third-order valence-corrected chi connectivity index (χ3v) is 3.40. The monoisotopic (exact) mass is 240 g/mol. The molecule has 0 saturated heterocycles. The molecule has 0 radical (unpaired) electrons. The second-order valence-corrected chi connectivity index (χ2v) is 6.57. The summed E-state index contributed by atoms with van der Waals surface area (Å²) in [5, 5.41) is 0. The quantitative estimate of drug-likeness (QED) is 0.791. The highest BCUT2D eigenvalue weighted by Crippen LogP contribution is 2.30. The van der Waals surface area contributed by atoms with Crippen LogP contribution in [0.5, 0.6) is 5.75 Å². The van der Waals surface area contributed by atoms with Crippen LogP contribution in [0.25, 0.3) is 0 Å². The van der Waals surface area contributed by atoms with E-state index in [4.69, 9.17) is 4.74 Å². The number of benzene rings is 1. The normalized spacial score (nSPS) is 16.1.